The normalized spacial score (nSPS) is 10.7. The number of aliphatic imine (C=N–C) groups is 1. The Hall–Kier alpha value is -3.07. The Labute approximate surface area is 193 Å². The lowest BCUT2D eigenvalue weighted by Crippen LogP contribution is -2.22. The van der Waals surface area contributed by atoms with E-state index in [0.717, 1.165) is 17.0 Å². The summed E-state index contributed by atoms with van der Waals surface area (Å²) < 4.78 is 5.83. The van der Waals surface area contributed by atoms with Gasteiger partial charge in [0.2, 0.25) is 0 Å². The second-order valence-corrected chi connectivity index (χ2v) is 6.67. The first kappa shape index (κ1) is 23.2. The van der Waals surface area contributed by atoms with Gasteiger partial charge in [0.25, 0.3) is 5.91 Å². The highest BCUT2D eigenvalue weighted by atomic mass is 127. The maximum Gasteiger partial charge on any atom is 0.253 e. The molecule has 3 aromatic rings. The van der Waals surface area contributed by atoms with Crippen LogP contribution in [0.4, 0.5) is 5.69 Å². The minimum absolute atomic E-state index is 0. The number of ether oxygens (including phenoxy) is 1. The largest absolute Gasteiger partial charge is 0.457 e. The highest BCUT2D eigenvalue weighted by Gasteiger charge is 2.07. The van der Waals surface area contributed by atoms with Crippen LogP contribution in [0.2, 0.25) is 0 Å². The predicted molar refractivity (Wildman–Crippen MR) is 132 cm³/mol. The van der Waals surface area contributed by atoms with E-state index in [1.54, 1.807) is 31.1 Å². The van der Waals surface area contributed by atoms with Gasteiger partial charge in [0.1, 0.15) is 11.5 Å². The van der Waals surface area contributed by atoms with E-state index in [1.807, 2.05) is 66.7 Å². The topological polar surface area (TPSA) is 80.0 Å². The second-order valence-electron chi connectivity index (χ2n) is 6.67. The SMILES string of the molecule is CN(C)C(=O)c1ccc(CN=C(N)Nc2cccc(Oc3ccccc3)c2)cc1.I. The van der Waals surface area contributed by atoms with Crippen molar-refractivity contribution in [1.82, 2.24) is 4.90 Å². The minimum atomic E-state index is -0.0289. The number of carbonyl (C=O) groups is 1. The summed E-state index contributed by atoms with van der Waals surface area (Å²) >= 11 is 0. The molecule has 0 radical (unpaired) electrons. The molecule has 0 saturated carbocycles. The minimum Gasteiger partial charge on any atom is -0.457 e. The Kier molecular flexibility index (Phi) is 8.67. The summed E-state index contributed by atoms with van der Waals surface area (Å²) in [6, 6.07) is 24.4. The fourth-order valence-electron chi connectivity index (χ4n) is 2.64. The lowest BCUT2D eigenvalue weighted by atomic mass is 10.1. The maximum absolute atomic E-state index is 11.9. The van der Waals surface area contributed by atoms with Crippen LogP contribution in [-0.4, -0.2) is 30.9 Å². The van der Waals surface area contributed by atoms with Crippen molar-refractivity contribution < 1.29 is 9.53 Å². The molecule has 0 aliphatic rings. The fourth-order valence-corrected chi connectivity index (χ4v) is 2.64. The highest BCUT2D eigenvalue weighted by Crippen LogP contribution is 2.23. The van der Waals surface area contributed by atoms with E-state index in [-0.39, 0.29) is 29.9 Å². The van der Waals surface area contributed by atoms with Gasteiger partial charge in [-0.1, -0.05) is 36.4 Å². The zero-order valence-electron chi connectivity index (χ0n) is 16.9. The van der Waals surface area contributed by atoms with Gasteiger partial charge in [-0.15, -0.1) is 24.0 Å². The summed E-state index contributed by atoms with van der Waals surface area (Å²) in [5.41, 5.74) is 8.40. The Morgan fingerprint density at radius 1 is 0.967 bits per heavy atom. The highest BCUT2D eigenvalue weighted by molar-refractivity contribution is 14.0. The third kappa shape index (κ3) is 6.77. The number of rotatable bonds is 6. The first-order valence-electron chi connectivity index (χ1n) is 9.22. The smallest absolute Gasteiger partial charge is 0.253 e. The first-order chi connectivity index (χ1) is 14.0. The molecule has 0 aromatic heterocycles. The average molecular weight is 516 g/mol. The van der Waals surface area contributed by atoms with Gasteiger partial charge in [-0.25, -0.2) is 4.99 Å². The van der Waals surface area contributed by atoms with Gasteiger partial charge in [-0.05, 0) is 42.0 Å². The Morgan fingerprint density at radius 3 is 2.30 bits per heavy atom. The van der Waals surface area contributed by atoms with E-state index in [0.29, 0.717) is 23.8 Å². The Bertz CT molecular complexity index is 990. The Morgan fingerprint density at radius 2 is 1.63 bits per heavy atom. The van der Waals surface area contributed by atoms with Gasteiger partial charge >= 0.3 is 0 Å². The molecule has 0 spiro atoms. The molecule has 0 unspecified atom stereocenters. The molecule has 3 N–H and O–H groups in total. The van der Waals surface area contributed by atoms with Crippen LogP contribution in [0.3, 0.4) is 0 Å². The molecule has 0 atom stereocenters. The van der Waals surface area contributed by atoms with E-state index >= 15 is 0 Å². The number of hydrogen-bond donors (Lipinski definition) is 2. The summed E-state index contributed by atoms with van der Waals surface area (Å²) in [6.45, 7) is 0.412. The zero-order chi connectivity index (χ0) is 20.6. The molecule has 0 saturated heterocycles. The predicted octanol–water partition coefficient (Wildman–Crippen LogP) is 4.73. The monoisotopic (exact) mass is 516 g/mol. The number of halogens is 1. The number of hydrogen-bond acceptors (Lipinski definition) is 3. The molecule has 0 aliphatic carbocycles. The molecule has 0 fully saturated rings. The lowest BCUT2D eigenvalue weighted by Gasteiger charge is -2.10. The van der Waals surface area contributed by atoms with Crippen LogP contribution in [0.1, 0.15) is 15.9 Å². The third-order valence-corrected chi connectivity index (χ3v) is 4.12. The molecule has 0 aliphatic heterocycles. The molecule has 30 heavy (non-hydrogen) atoms. The van der Waals surface area contributed by atoms with Gasteiger partial charge in [-0.3, -0.25) is 4.79 Å². The summed E-state index contributed by atoms with van der Waals surface area (Å²) in [5, 5.41) is 3.07. The molecule has 1 amide bonds. The molecule has 0 heterocycles. The van der Waals surface area contributed by atoms with Gasteiger partial charge in [0.05, 0.1) is 6.54 Å². The van der Waals surface area contributed by atoms with Crippen molar-refractivity contribution in [3.8, 4) is 11.5 Å². The molecule has 6 nitrogen and oxygen atoms in total. The number of amides is 1. The van der Waals surface area contributed by atoms with Crippen LogP contribution in [0.25, 0.3) is 0 Å². The van der Waals surface area contributed by atoms with Gasteiger partial charge < -0.3 is 20.7 Å². The van der Waals surface area contributed by atoms with E-state index in [1.165, 1.54) is 0 Å². The Balaban J connectivity index is 0.00000320. The second kappa shape index (κ2) is 11.2. The molecule has 156 valence electrons. The summed E-state index contributed by atoms with van der Waals surface area (Å²) in [4.78, 5) is 17.8. The molecular weight excluding hydrogens is 491 g/mol. The summed E-state index contributed by atoms with van der Waals surface area (Å²) in [6.07, 6.45) is 0. The van der Waals surface area contributed by atoms with Crippen LogP contribution in [0, 0.1) is 0 Å². The third-order valence-electron chi connectivity index (χ3n) is 4.12. The van der Waals surface area contributed by atoms with Crippen LogP contribution < -0.4 is 15.8 Å². The maximum atomic E-state index is 11.9. The molecule has 0 bridgehead atoms. The van der Waals surface area contributed by atoms with Crippen molar-refractivity contribution in [1.29, 1.82) is 0 Å². The lowest BCUT2D eigenvalue weighted by molar-refractivity contribution is 0.0827. The zero-order valence-corrected chi connectivity index (χ0v) is 19.2. The van der Waals surface area contributed by atoms with Crippen molar-refractivity contribution in [3.05, 3.63) is 90.0 Å². The van der Waals surface area contributed by atoms with Crippen molar-refractivity contribution in [2.24, 2.45) is 10.7 Å². The van der Waals surface area contributed by atoms with Gasteiger partial charge in [0, 0.05) is 31.4 Å². The number of para-hydroxylation sites is 1. The van der Waals surface area contributed by atoms with E-state index in [2.05, 4.69) is 10.3 Å². The molecule has 3 aromatic carbocycles. The van der Waals surface area contributed by atoms with E-state index in [4.69, 9.17) is 10.5 Å². The van der Waals surface area contributed by atoms with Crippen molar-refractivity contribution >= 4 is 41.5 Å². The standard InChI is InChI=1S/C23H24N4O2.HI/c1-27(2)22(28)18-13-11-17(12-14-18)16-25-23(24)26-19-7-6-10-21(15-19)29-20-8-4-3-5-9-20;/h3-15H,16H2,1-2H3,(H3,24,25,26);1H. The van der Waals surface area contributed by atoms with Crippen molar-refractivity contribution in [2.75, 3.05) is 19.4 Å². The summed E-state index contributed by atoms with van der Waals surface area (Å²) in [5.74, 6) is 1.74. The number of nitrogens with two attached hydrogens (primary N) is 1. The van der Waals surface area contributed by atoms with Crippen LogP contribution >= 0.6 is 24.0 Å². The first-order valence-corrected chi connectivity index (χ1v) is 9.22. The van der Waals surface area contributed by atoms with Crippen molar-refractivity contribution in [2.45, 2.75) is 6.54 Å². The van der Waals surface area contributed by atoms with Crippen LogP contribution in [0.15, 0.2) is 83.9 Å². The number of carbonyl (C=O) groups excluding carboxylic acids is 1. The van der Waals surface area contributed by atoms with Crippen LogP contribution in [-0.2, 0) is 6.54 Å². The van der Waals surface area contributed by atoms with E-state index in [9.17, 15) is 4.79 Å². The number of benzene rings is 3. The van der Waals surface area contributed by atoms with E-state index < -0.39 is 0 Å². The molecular formula is C23H25IN4O2. The van der Waals surface area contributed by atoms with Gasteiger partial charge in [-0.2, -0.15) is 0 Å². The molecule has 3 rings (SSSR count). The summed E-state index contributed by atoms with van der Waals surface area (Å²) in [7, 11) is 3.46. The number of nitrogens with one attached hydrogen (secondary N) is 1. The average Bonchev–Trinajstić information content (AvgIpc) is 2.73. The fraction of sp³-hybridized carbons (Fsp3) is 0.130. The number of nitrogens with zero attached hydrogens (tertiary/aromatic N) is 2. The van der Waals surface area contributed by atoms with Crippen molar-refractivity contribution in [3.63, 3.8) is 0 Å². The van der Waals surface area contributed by atoms with Crippen LogP contribution in [0.5, 0.6) is 11.5 Å². The number of guanidine groups is 1. The van der Waals surface area contributed by atoms with Gasteiger partial charge in [0.15, 0.2) is 5.96 Å². The molecule has 7 heteroatoms. The number of anilines is 1. The quantitative estimate of drug-likeness (QED) is 0.282.